The molecule has 0 spiro atoms. The Hall–Kier alpha value is -0.993. The first-order chi connectivity index (χ1) is 13.9. The molecule has 2 aromatic carbocycles. The van der Waals surface area contributed by atoms with Crippen LogP contribution in [-0.4, -0.2) is 5.98 Å². The van der Waals surface area contributed by atoms with Crippen LogP contribution in [0.25, 0.3) is 14.1 Å². The molecule has 2 aromatic rings. The molecule has 4 rings (SSSR count). The first-order valence-corrected chi connectivity index (χ1v) is 24.3. The molecule has 0 N–H and O–H groups in total. The summed E-state index contributed by atoms with van der Waals surface area (Å²) in [6.07, 6.45) is 5.33. The summed E-state index contributed by atoms with van der Waals surface area (Å²) >= 11 is -2.09. The average Bonchev–Trinajstić information content (AvgIpc) is 3.15. The van der Waals surface area contributed by atoms with Crippen LogP contribution in [0.4, 0.5) is 0 Å². The van der Waals surface area contributed by atoms with Gasteiger partial charge in [-0.2, -0.15) is 0 Å². The van der Waals surface area contributed by atoms with E-state index in [1.54, 1.807) is 33.4 Å². The Morgan fingerprint density at radius 1 is 0.897 bits per heavy atom. The van der Waals surface area contributed by atoms with Crippen molar-refractivity contribution in [2.75, 3.05) is 0 Å². The van der Waals surface area contributed by atoms with Crippen LogP contribution in [-0.2, 0) is 20.6 Å². The van der Waals surface area contributed by atoms with Crippen molar-refractivity contribution in [1.29, 1.82) is 0 Å². The second-order valence-electron chi connectivity index (χ2n) is 9.39. The summed E-state index contributed by atoms with van der Waals surface area (Å²) in [5, 5.41) is 2.94. The van der Waals surface area contributed by atoms with Crippen LogP contribution in [0.15, 0.2) is 64.8 Å². The summed E-state index contributed by atoms with van der Waals surface area (Å²) in [5.74, 6) is -0.0949. The Balaban J connectivity index is 1.94. The maximum atomic E-state index is 2.78. The molecule has 0 amide bonds. The van der Waals surface area contributed by atoms with Gasteiger partial charge in [-0.25, -0.2) is 0 Å². The third-order valence-electron chi connectivity index (χ3n) is 7.45. The van der Waals surface area contributed by atoms with Crippen molar-refractivity contribution in [3.05, 3.63) is 75.9 Å². The number of allylic oxidation sites excluding steroid dienone is 5. The number of hydrogen-bond acceptors (Lipinski definition) is 0. The molecule has 0 aliphatic heterocycles. The van der Waals surface area contributed by atoms with Gasteiger partial charge < -0.3 is 0 Å². The summed E-state index contributed by atoms with van der Waals surface area (Å²) < 4.78 is 2.69. The third-order valence-corrected chi connectivity index (χ3v) is 36.5. The molecule has 0 fully saturated rings. The number of rotatable bonds is 5. The third kappa shape index (κ3) is 3.45. The molecule has 0 saturated carbocycles. The molecule has 29 heavy (non-hydrogen) atoms. The van der Waals surface area contributed by atoms with Crippen molar-refractivity contribution in [2.24, 2.45) is 0 Å². The molecule has 1 atom stereocenters. The molecule has 0 radical (unpaired) electrons. The summed E-state index contributed by atoms with van der Waals surface area (Å²) in [6.45, 7) is 17.3. The molecule has 1 unspecified atom stereocenters. The number of fused-ring (bicyclic) bond motifs is 3. The standard InChI is InChI=1S/C16H15.C9H13.C2H7Si.Hf/c1-2-5-12-9-11-16-14-7-4-3-6-13(14)8-10-15(12)16;1-6-5-7(2)9(4)8(6)3;1-3-2;/h3-4,6-10,12H,2,5H2,1H3;5H,1-4H3;3H,1-2H3;/q;;;+1. The molecule has 0 heterocycles. The van der Waals surface area contributed by atoms with Gasteiger partial charge in [-0.3, -0.25) is 0 Å². The van der Waals surface area contributed by atoms with Crippen molar-refractivity contribution < 1.29 is 20.6 Å². The van der Waals surface area contributed by atoms with Crippen molar-refractivity contribution in [2.45, 2.75) is 70.1 Å². The Morgan fingerprint density at radius 3 is 2.17 bits per heavy atom. The van der Waals surface area contributed by atoms with E-state index in [0.29, 0.717) is 5.92 Å². The molecule has 2 aliphatic rings. The van der Waals surface area contributed by atoms with E-state index in [1.807, 2.05) is 3.33 Å². The summed E-state index contributed by atoms with van der Waals surface area (Å²) in [4.78, 5) is 0. The predicted octanol–water partition coefficient (Wildman–Crippen LogP) is 8.15. The van der Waals surface area contributed by atoms with Crippen LogP contribution in [0.2, 0.25) is 16.8 Å². The van der Waals surface area contributed by atoms with Crippen LogP contribution in [0.5, 0.6) is 0 Å². The Bertz CT molecular complexity index is 1030. The van der Waals surface area contributed by atoms with Gasteiger partial charge in [-0.05, 0) is 0 Å². The van der Waals surface area contributed by atoms with E-state index in [4.69, 9.17) is 0 Å². The van der Waals surface area contributed by atoms with Gasteiger partial charge in [0.2, 0.25) is 0 Å². The fourth-order valence-electron chi connectivity index (χ4n) is 5.68. The van der Waals surface area contributed by atoms with Gasteiger partial charge in [0.05, 0.1) is 0 Å². The number of benzene rings is 2. The SMILES string of the molecule is CCCC1C=[C]([Hf+]([CH]2C(C)=C(C)C(C)=C2C)[SiH](C)C)c2c1ccc1ccccc21. The number of hydrogen-bond donors (Lipinski definition) is 0. The zero-order valence-corrected chi connectivity index (χ0v) is 23.9. The van der Waals surface area contributed by atoms with E-state index in [1.165, 1.54) is 23.6 Å². The molecule has 0 bridgehead atoms. The zero-order chi connectivity index (χ0) is 20.9. The molecule has 2 heteroatoms. The second-order valence-corrected chi connectivity index (χ2v) is 36.5. The Kier molecular flexibility index (Phi) is 6.06. The zero-order valence-electron chi connectivity index (χ0n) is 19.2. The first-order valence-electron chi connectivity index (χ1n) is 11.3. The normalized spacial score (nSPS) is 19.6. The summed E-state index contributed by atoms with van der Waals surface area (Å²) in [7, 11) is 0. The van der Waals surface area contributed by atoms with Crippen LogP contribution in [0, 0.1) is 0 Å². The van der Waals surface area contributed by atoms with Gasteiger partial charge in [-0.15, -0.1) is 0 Å². The van der Waals surface area contributed by atoms with Gasteiger partial charge in [0.25, 0.3) is 0 Å². The van der Waals surface area contributed by atoms with Gasteiger partial charge in [-0.1, -0.05) is 0 Å². The van der Waals surface area contributed by atoms with E-state index >= 15 is 0 Å². The van der Waals surface area contributed by atoms with Crippen LogP contribution in [0.1, 0.15) is 64.5 Å². The van der Waals surface area contributed by atoms with E-state index in [0.717, 1.165) is 3.67 Å². The molecular weight excluding hydrogens is 531 g/mol. The topological polar surface area (TPSA) is 0 Å². The van der Waals surface area contributed by atoms with Crippen molar-refractivity contribution >= 4 is 20.1 Å². The second kappa shape index (κ2) is 8.27. The van der Waals surface area contributed by atoms with Gasteiger partial charge in [0.15, 0.2) is 0 Å². The summed E-state index contributed by atoms with van der Waals surface area (Å²) in [6, 6.07) is 14.0. The van der Waals surface area contributed by atoms with Crippen LogP contribution >= 0.6 is 0 Å². The van der Waals surface area contributed by atoms with E-state index in [2.05, 4.69) is 90.2 Å². The van der Waals surface area contributed by atoms with Crippen molar-refractivity contribution in [1.82, 2.24) is 0 Å². The van der Waals surface area contributed by atoms with Crippen molar-refractivity contribution in [3.63, 3.8) is 0 Å². The van der Waals surface area contributed by atoms with Gasteiger partial charge in [0.1, 0.15) is 0 Å². The molecule has 150 valence electrons. The van der Waals surface area contributed by atoms with E-state index < -0.39 is 26.6 Å². The quantitative estimate of drug-likeness (QED) is 0.321. The van der Waals surface area contributed by atoms with Crippen LogP contribution < -0.4 is 0 Å². The van der Waals surface area contributed by atoms with Crippen LogP contribution in [0.3, 0.4) is 0 Å². The Morgan fingerprint density at radius 2 is 1.55 bits per heavy atom. The monoisotopic (exact) mass is 567 g/mol. The molecule has 0 aromatic heterocycles. The first kappa shape index (κ1) is 21.2. The molecule has 0 nitrogen and oxygen atoms in total. The fraction of sp³-hybridized carbons (Fsp3) is 0.407. The molecule has 2 aliphatic carbocycles. The predicted molar refractivity (Wildman–Crippen MR) is 129 cm³/mol. The Labute approximate surface area is 185 Å². The fourth-order valence-corrected chi connectivity index (χ4v) is 36.4. The molecule has 0 saturated heterocycles. The van der Waals surface area contributed by atoms with Gasteiger partial charge in [0, 0.05) is 0 Å². The minimum atomic E-state index is -2.09. The summed E-state index contributed by atoms with van der Waals surface area (Å²) in [5.41, 5.74) is 9.91. The maximum absolute atomic E-state index is 2.78. The minimum absolute atomic E-state index is 0.638. The van der Waals surface area contributed by atoms with Gasteiger partial charge >= 0.3 is 187 Å². The molecular formula is C27H35HfSi+. The van der Waals surface area contributed by atoms with E-state index in [-0.39, 0.29) is 0 Å². The van der Waals surface area contributed by atoms with Crippen molar-refractivity contribution in [3.8, 4) is 0 Å². The van der Waals surface area contributed by atoms with E-state index in [9.17, 15) is 0 Å². The average molecular weight is 566 g/mol.